The third-order valence-electron chi connectivity index (χ3n) is 5.04. The second-order valence-electron chi connectivity index (χ2n) is 7.82. The lowest BCUT2D eigenvalue weighted by Gasteiger charge is -2.26. The maximum Gasteiger partial charge on any atom is 0.341 e. The molecule has 1 aromatic heterocycles. The van der Waals surface area contributed by atoms with Crippen molar-refractivity contribution in [1.29, 1.82) is 0 Å². The zero-order chi connectivity index (χ0) is 22.7. The Morgan fingerprint density at radius 2 is 1.71 bits per heavy atom. The van der Waals surface area contributed by atoms with Gasteiger partial charge < -0.3 is 10.1 Å². The number of thiophene rings is 1. The minimum atomic E-state index is -0.979. The molecule has 2 aromatic rings. The van der Waals surface area contributed by atoms with Crippen LogP contribution in [0, 0.1) is 12.8 Å². The molecule has 7 nitrogen and oxygen atoms in total. The summed E-state index contributed by atoms with van der Waals surface area (Å²) in [6.45, 7) is 7.77. The number of nitrogens with one attached hydrogen (secondary N) is 1. The van der Waals surface area contributed by atoms with Gasteiger partial charge in [0.1, 0.15) is 11.0 Å². The predicted octanol–water partition coefficient (Wildman–Crippen LogP) is 4.27. The van der Waals surface area contributed by atoms with Gasteiger partial charge in [0, 0.05) is 4.88 Å². The highest BCUT2D eigenvalue weighted by Crippen LogP contribution is 2.31. The summed E-state index contributed by atoms with van der Waals surface area (Å²) in [5.74, 6) is -1.69. The van der Waals surface area contributed by atoms with Gasteiger partial charge in [0.2, 0.25) is 5.91 Å². The minimum Gasteiger partial charge on any atom is -0.462 e. The molecule has 0 fully saturated rings. The van der Waals surface area contributed by atoms with Crippen molar-refractivity contribution in [3.8, 4) is 0 Å². The number of hydrogen-bond donors (Lipinski definition) is 1. The Balaban J connectivity index is 1.90. The van der Waals surface area contributed by atoms with E-state index in [1.807, 2.05) is 20.8 Å². The summed E-state index contributed by atoms with van der Waals surface area (Å²) >= 11 is 1.25. The van der Waals surface area contributed by atoms with Gasteiger partial charge in [-0.05, 0) is 50.8 Å². The molecule has 8 heteroatoms. The maximum absolute atomic E-state index is 13.3. The van der Waals surface area contributed by atoms with E-state index in [1.54, 1.807) is 37.3 Å². The monoisotopic (exact) mass is 442 g/mol. The van der Waals surface area contributed by atoms with E-state index < -0.39 is 29.7 Å². The Labute approximate surface area is 185 Å². The van der Waals surface area contributed by atoms with E-state index in [-0.39, 0.29) is 18.1 Å². The molecule has 1 aromatic carbocycles. The number of imide groups is 1. The normalized spacial score (nSPS) is 14.0. The fourth-order valence-electron chi connectivity index (χ4n) is 3.52. The maximum atomic E-state index is 13.3. The summed E-state index contributed by atoms with van der Waals surface area (Å²) in [5, 5.41) is 3.13. The fraction of sp³-hybridized carbons (Fsp3) is 0.391. The number of nitrogens with zero attached hydrogens (tertiary/aromatic N) is 1. The lowest BCUT2D eigenvalue weighted by atomic mass is 10.0. The molecule has 0 saturated heterocycles. The van der Waals surface area contributed by atoms with Crippen LogP contribution in [0.15, 0.2) is 30.3 Å². The first-order valence-electron chi connectivity index (χ1n) is 10.3. The van der Waals surface area contributed by atoms with E-state index in [9.17, 15) is 19.2 Å². The van der Waals surface area contributed by atoms with E-state index in [1.165, 1.54) is 11.3 Å². The molecule has 164 valence electrons. The molecule has 0 spiro atoms. The second kappa shape index (κ2) is 9.43. The summed E-state index contributed by atoms with van der Waals surface area (Å²) < 4.78 is 5.08. The first kappa shape index (κ1) is 22.7. The van der Waals surface area contributed by atoms with E-state index in [0.29, 0.717) is 29.0 Å². The van der Waals surface area contributed by atoms with Gasteiger partial charge >= 0.3 is 5.97 Å². The number of esters is 1. The van der Waals surface area contributed by atoms with Gasteiger partial charge in [-0.1, -0.05) is 26.0 Å². The second-order valence-corrected chi connectivity index (χ2v) is 9.08. The zero-order valence-corrected chi connectivity index (χ0v) is 18.9. The van der Waals surface area contributed by atoms with Crippen molar-refractivity contribution in [1.82, 2.24) is 4.90 Å². The van der Waals surface area contributed by atoms with Gasteiger partial charge in [-0.2, -0.15) is 0 Å². The van der Waals surface area contributed by atoms with Gasteiger partial charge in [0.15, 0.2) is 0 Å². The van der Waals surface area contributed by atoms with E-state index >= 15 is 0 Å². The van der Waals surface area contributed by atoms with Crippen LogP contribution in [-0.4, -0.2) is 41.2 Å². The fourth-order valence-corrected chi connectivity index (χ4v) is 4.42. The molecule has 0 aliphatic carbocycles. The summed E-state index contributed by atoms with van der Waals surface area (Å²) in [7, 11) is 0. The van der Waals surface area contributed by atoms with Crippen LogP contribution in [0.1, 0.15) is 69.6 Å². The van der Waals surface area contributed by atoms with Crippen LogP contribution >= 0.6 is 11.3 Å². The number of aryl methyl sites for hydroxylation is 1. The molecule has 1 unspecified atom stereocenters. The molecule has 2 heterocycles. The Morgan fingerprint density at radius 3 is 2.26 bits per heavy atom. The van der Waals surface area contributed by atoms with Crippen LogP contribution in [0.4, 0.5) is 5.00 Å². The summed E-state index contributed by atoms with van der Waals surface area (Å²) in [6.07, 6.45) is 0.980. The highest BCUT2D eigenvalue weighted by atomic mass is 32.1. The van der Waals surface area contributed by atoms with Gasteiger partial charge in [-0.15, -0.1) is 11.3 Å². The van der Waals surface area contributed by atoms with Crippen molar-refractivity contribution in [2.24, 2.45) is 5.92 Å². The number of ether oxygens (including phenoxy) is 1. The number of rotatable bonds is 8. The molecule has 1 N–H and O–H groups in total. The molecule has 1 aliphatic heterocycles. The van der Waals surface area contributed by atoms with E-state index in [4.69, 9.17) is 4.74 Å². The van der Waals surface area contributed by atoms with Crippen molar-refractivity contribution in [3.05, 3.63) is 51.9 Å². The number of carbonyl (C=O) groups excluding carboxylic acids is 4. The first-order valence-corrected chi connectivity index (χ1v) is 11.1. The average Bonchev–Trinajstić information content (AvgIpc) is 3.21. The summed E-state index contributed by atoms with van der Waals surface area (Å²) in [6, 6.07) is 7.24. The third kappa shape index (κ3) is 4.69. The lowest BCUT2D eigenvalue weighted by Crippen LogP contribution is -2.47. The summed E-state index contributed by atoms with van der Waals surface area (Å²) in [5.41, 5.74) is 0.866. The molecule has 3 rings (SSSR count). The molecule has 1 aliphatic rings. The number of benzene rings is 1. The van der Waals surface area contributed by atoms with Gasteiger partial charge in [-0.3, -0.25) is 19.3 Å². The van der Waals surface area contributed by atoms with Gasteiger partial charge in [0.25, 0.3) is 11.8 Å². The van der Waals surface area contributed by atoms with E-state index in [2.05, 4.69) is 5.32 Å². The first-order chi connectivity index (χ1) is 14.7. The van der Waals surface area contributed by atoms with Gasteiger partial charge in [-0.25, -0.2) is 4.79 Å². The van der Waals surface area contributed by atoms with Crippen LogP contribution in [0.5, 0.6) is 0 Å². The molecular formula is C23H26N2O5S. The van der Waals surface area contributed by atoms with Crippen LogP contribution < -0.4 is 5.32 Å². The minimum absolute atomic E-state index is 0.215. The number of carbonyl (C=O) groups is 4. The number of anilines is 1. The lowest BCUT2D eigenvalue weighted by molar-refractivity contribution is -0.120. The predicted molar refractivity (Wildman–Crippen MR) is 118 cm³/mol. The molecular weight excluding hydrogens is 416 g/mol. The molecule has 3 amide bonds. The molecule has 1 atom stereocenters. The molecule has 31 heavy (non-hydrogen) atoms. The molecule has 0 radical (unpaired) electrons. The Morgan fingerprint density at radius 1 is 1.10 bits per heavy atom. The highest BCUT2D eigenvalue weighted by molar-refractivity contribution is 7.16. The summed E-state index contributed by atoms with van der Waals surface area (Å²) in [4.78, 5) is 53.4. The quantitative estimate of drug-likeness (QED) is 0.487. The number of fused-ring (bicyclic) bond motifs is 1. The largest absolute Gasteiger partial charge is 0.462 e. The van der Waals surface area contributed by atoms with Crippen LogP contribution in [-0.2, 0) is 9.53 Å². The van der Waals surface area contributed by atoms with Crippen LogP contribution in [0.25, 0.3) is 0 Å². The Bertz CT molecular complexity index is 992. The van der Waals surface area contributed by atoms with Crippen molar-refractivity contribution in [3.63, 3.8) is 0 Å². The highest BCUT2D eigenvalue weighted by Gasteiger charge is 2.42. The van der Waals surface area contributed by atoms with Crippen molar-refractivity contribution in [2.45, 2.75) is 46.6 Å². The Kier molecular flexibility index (Phi) is 6.90. The van der Waals surface area contributed by atoms with Crippen molar-refractivity contribution < 1.29 is 23.9 Å². The van der Waals surface area contributed by atoms with Crippen molar-refractivity contribution >= 4 is 40.0 Å². The average molecular weight is 443 g/mol. The van der Waals surface area contributed by atoms with Crippen molar-refractivity contribution in [2.75, 3.05) is 11.9 Å². The topological polar surface area (TPSA) is 92.8 Å². The number of hydrogen-bond acceptors (Lipinski definition) is 6. The number of amides is 3. The smallest absolute Gasteiger partial charge is 0.341 e. The van der Waals surface area contributed by atoms with Gasteiger partial charge in [0.05, 0.1) is 23.3 Å². The van der Waals surface area contributed by atoms with Crippen LogP contribution in [0.2, 0.25) is 0 Å². The Hall–Kier alpha value is -3.00. The standard InChI is InChI=1S/C23H26N2O5S/c1-5-30-23(29)17-12-14(4)31-20(17)24-19(26)18(11-10-13(2)3)25-21(27)15-8-6-7-9-16(15)22(25)28/h6-9,12-13,18H,5,10-11H2,1-4H3,(H,24,26). The SMILES string of the molecule is CCOC(=O)c1cc(C)sc1NC(=O)C(CCC(C)C)N1C(=O)c2ccccc2C1=O. The molecule has 0 bridgehead atoms. The third-order valence-corrected chi connectivity index (χ3v) is 6.01. The zero-order valence-electron chi connectivity index (χ0n) is 18.1. The van der Waals surface area contributed by atoms with Crippen LogP contribution in [0.3, 0.4) is 0 Å². The van der Waals surface area contributed by atoms with E-state index in [0.717, 1.165) is 9.78 Å². The molecule has 0 saturated carbocycles.